The molecule has 106 valence electrons. The summed E-state index contributed by atoms with van der Waals surface area (Å²) >= 11 is 1.44. The van der Waals surface area contributed by atoms with Gasteiger partial charge in [0.05, 0.1) is 12.3 Å². The van der Waals surface area contributed by atoms with Gasteiger partial charge in [-0.3, -0.25) is 0 Å². The highest BCUT2D eigenvalue weighted by Gasteiger charge is 2.08. The van der Waals surface area contributed by atoms with Gasteiger partial charge < -0.3 is 10.5 Å². The summed E-state index contributed by atoms with van der Waals surface area (Å²) in [6, 6.07) is 18.2. The Hall–Kier alpha value is -2.33. The van der Waals surface area contributed by atoms with Crippen molar-refractivity contribution >= 4 is 16.5 Å². The number of nitrogen functional groups attached to an aromatic ring is 1. The summed E-state index contributed by atoms with van der Waals surface area (Å²) in [4.78, 5) is 4.32. The Morgan fingerprint density at radius 1 is 1.00 bits per heavy atom. The second kappa shape index (κ2) is 6.41. The van der Waals surface area contributed by atoms with E-state index in [0.717, 1.165) is 23.4 Å². The summed E-state index contributed by atoms with van der Waals surface area (Å²) in [6.07, 6.45) is 0.883. The molecule has 0 spiro atoms. The predicted octanol–water partition coefficient (Wildman–Crippen LogP) is 4.01. The van der Waals surface area contributed by atoms with Crippen molar-refractivity contribution in [3.05, 3.63) is 65.5 Å². The van der Waals surface area contributed by atoms with Crippen molar-refractivity contribution < 1.29 is 4.74 Å². The van der Waals surface area contributed by atoms with Gasteiger partial charge in [-0.2, -0.15) is 0 Å². The SMILES string of the molecule is Nc1nc(-c2ccccc2OCCc2ccccc2)cs1. The zero-order chi connectivity index (χ0) is 14.5. The average Bonchev–Trinajstić information content (AvgIpc) is 2.95. The van der Waals surface area contributed by atoms with Crippen molar-refractivity contribution in [3.8, 4) is 17.0 Å². The highest BCUT2D eigenvalue weighted by Crippen LogP contribution is 2.31. The summed E-state index contributed by atoms with van der Waals surface area (Å²) in [5.41, 5.74) is 8.83. The maximum absolute atomic E-state index is 5.93. The number of benzene rings is 2. The van der Waals surface area contributed by atoms with Crippen molar-refractivity contribution in [1.82, 2.24) is 4.98 Å². The fourth-order valence-electron chi connectivity index (χ4n) is 2.14. The van der Waals surface area contributed by atoms with Crippen LogP contribution in [0.15, 0.2) is 60.0 Å². The van der Waals surface area contributed by atoms with Crippen LogP contribution in [0.5, 0.6) is 5.75 Å². The molecule has 0 aliphatic heterocycles. The lowest BCUT2D eigenvalue weighted by Gasteiger charge is -2.10. The van der Waals surface area contributed by atoms with Gasteiger partial charge in [0.1, 0.15) is 5.75 Å². The zero-order valence-corrected chi connectivity index (χ0v) is 12.3. The molecule has 3 nitrogen and oxygen atoms in total. The number of rotatable bonds is 5. The number of aromatic nitrogens is 1. The van der Waals surface area contributed by atoms with E-state index in [1.54, 1.807) is 0 Å². The fraction of sp³-hybridized carbons (Fsp3) is 0.118. The summed E-state index contributed by atoms with van der Waals surface area (Å²) in [7, 11) is 0. The van der Waals surface area contributed by atoms with Crippen LogP contribution in [0.1, 0.15) is 5.56 Å². The highest BCUT2D eigenvalue weighted by molar-refractivity contribution is 7.13. The second-order valence-corrected chi connectivity index (χ2v) is 5.54. The van der Waals surface area contributed by atoms with E-state index < -0.39 is 0 Å². The van der Waals surface area contributed by atoms with Crippen LogP contribution in [-0.4, -0.2) is 11.6 Å². The third kappa shape index (κ3) is 3.41. The minimum absolute atomic E-state index is 0.573. The molecular weight excluding hydrogens is 280 g/mol. The van der Waals surface area contributed by atoms with E-state index in [1.165, 1.54) is 16.9 Å². The lowest BCUT2D eigenvalue weighted by molar-refractivity contribution is 0.323. The molecular formula is C17H16N2OS. The number of anilines is 1. The highest BCUT2D eigenvalue weighted by atomic mass is 32.1. The Morgan fingerprint density at radius 3 is 2.52 bits per heavy atom. The average molecular weight is 296 g/mol. The molecule has 0 aliphatic carbocycles. The molecule has 0 saturated carbocycles. The van der Waals surface area contributed by atoms with Gasteiger partial charge in [0.2, 0.25) is 0 Å². The molecule has 0 saturated heterocycles. The Balaban J connectivity index is 1.71. The third-order valence-electron chi connectivity index (χ3n) is 3.18. The Labute approximate surface area is 128 Å². The summed E-state index contributed by atoms with van der Waals surface area (Å²) in [5.74, 6) is 0.846. The van der Waals surface area contributed by atoms with E-state index in [2.05, 4.69) is 17.1 Å². The Bertz CT molecular complexity index is 710. The van der Waals surface area contributed by atoms with Crippen molar-refractivity contribution in [2.24, 2.45) is 0 Å². The van der Waals surface area contributed by atoms with E-state index in [9.17, 15) is 0 Å². The van der Waals surface area contributed by atoms with Crippen molar-refractivity contribution in [1.29, 1.82) is 0 Å². The van der Waals surface area contributed by atoms with Crippen LogP contribution in [-0.2, 0) is 6.42 Å². The summed E-state index contributed by atoms with van der Waals surface area (Å²) in [5, 5.41) is 2.53. The first-order chi connectivity index (χ1) is 10.3. The van der Waals surface area contributed by atoms with Crippen LogP contribution < -0.4 is 10.5 Å². The van der Waals surface area contributed by atoms with E-state index in [0.29, 0.717) is 11.7 Å². The van der Waals surface area contributed by atoms with Gasteiger partial charge in [0, 0.05) is 17.4 Å². The molecule has 0 atom stereocenters. The number of para-hydroxylation sites is 1. The molecule has 3 aromatic rings. The largest absolute Gasteiger partial charge is 0.493 e. The minimum Gasteiger partial charge on any atom is -0.493 e. The monoisotopic (exact) mass is 296 g/mol. The van der Waals surface area contributed by atoms with Crippen LogP contribution in [0, 0.1) is 0 Å². The standard InChI is InChI=1S/C17H16N2OS/c18-17-19-15(12-21-17)14-8-4-5-9-16(14)20-11-10-13-6-2-1-3-7-13/h1-9,12H,10-11H2,(H2,18,19). The maximum Gasteiger partial charge on any atom is 0.180 e. The Morgan fingerprint density at radius 2 is 1.76 bits per heavy atom. The summed E-state index contributed by atoms with van der Waals surface area (Å²) in [6.45, 7) is 0.640. The molecule has 0 bridgehead atoms. The lowest BCUT2D eigenvalue weighted by atomic mass is 10.1. The molecule has 0 unspecified atom stereocenters. The van der Waals surface area contributed by atoms with Gasteiger partial charge in [-0.1, -0.05) is 42.5 Å². The van der Waals surface area contributed by atoms with E-state index in [4.69, 9.17) is 10.5 Å². The first-order valence-electron chi connectivity index (χ1n) is 6.80. The van der Waals surface area contributed by atoms with Crippen LogP contribution in [0.2, 0.25) is 0 Å². The smallest absolute Gasteiger partial charge is 0.180 e. The molecule has 0 radical (unpaired) electrons. The molecule has 0 aliphatic rings. The third-order valence-corrected chi connectivity index (χ3v) is 3.85. The van der Waals surface area contributed by atoms with Crippen LogP contribution in [0.25, 0.3) is 11.3 Å². The van der Waals surface area contributed by atoms with Crippen molar-refractivity contribution in [3.63, 3.8) is 0 Å². The number of hydrogen-bond acceptors (Lipinski definition) is 4. The second-order valence-electron chi connectivity index (χ2n) is 4.65. The van der Waals surface area contributed by atoms with E-state index >= 15 is 0 Å². The number of hydrogen-bond donors (Lipinski definition) is 1. The first kappa shape index (κ1) is 13.6. The number of thiazole rings is 1. The van der Waals surface area contributed by atoms with Gasteiger partial charge in [-0.05, 0) is 17.7 Å². The number of nitrogens with zero attached hydrogens (tertiary/aromatic N) is 1. The van der Waals surface area contributed by atoms with Crippen LogP contribution in [0.4, 0.5) is 5.13 Å². The molecule has 0 amide bonds. The van der Waals surface area contributed by atoms with Crippen molar-refractivity contribution in [2.75, 3.05) is 12.3 Å². The van der Waals surface area contributed by atoms with Crippen LogP contribution >= 0.6 is 11.3 Å². The molecule has 1 heterocycles. The Kier molecular flexibility index (Phi) is 4.17. The molecule has 2 N–H and O–H groups in total. The fourth-order valence-corrected chi connectivity index (χ4v) is 2.70. The molecule has 2 aromatic carbocycles. The van der Waals surface area contributed by atoms with Gasteiger partial charge in [-0.15, -0.1) is 11.3 Å². The number of nitrogens with two attached hydrogens (primary N) is 1. The minimum atomic E-state index is 0.573. The first-order valence-corrected chi connectivity index (χ1v) is 7.68. The number of ether oxygens (including phenoxy) is 1. The topological polar surface area (TPSA) is 48.1 Å². The molecule has 0 fully saturated rings. The van der Waals surface area contributed by atoms with Gasteiger partial charge in [0.25, 0.3) is 0 Å². The van der Waals surface area contributed by atoms with Crippen molar-refractivity contribution in [2.45, 2.75) is 6.42 Å². The maximum atomic E-state index is 5.93. The molecule has 1 aromatic heterocycles. The predicted molar refractivity (Wildman–Crippen MR) is 87.6 cm³/mol. The molecule has 3 rings (SSSR count). The van der Waals surface area contributed by atoms with Gasteiger partial charge >= 0.3 is 0 Å². The van der Waals surface area contributed by atoms with Gasteiger partial charge in [-0.25, -0.2) is 4.98 Å². The molecule has 21 heavy (non-hydrogen) atoms. The zero-order valence-electron chi connectivity index (χ0n) is 11.5. The normalized spacial score (nSPS) is 10.5. The summed E-state index contributed by atoms with van der Waals surface area (Å²) < 4.78 is 5.93. The molecule has 4 heteroatoms. The van der Waals surface area contributed by atoms with E-state index in [1.807, 2.05) is 47.8 Å². The quantitative estimate of drug-likeness (QED) is 0.773. The van der Waals surface area contributed by atoms with E-state index in [-0.39, 0.29) is 0 Å². The van der Waals surface area contributed by atoms with Crippen LogP contribution in [0.3, 0.4) is 0 Å². The van der Waals surface area contributed by atoms with Gasteiger partial charge in [0.15, 0.2) is 5.13 Å². The lowest BCUT2D eigenvalue weighted by Crippen LogP contribution is -2.02.